The summed E-state index contributed by atoms with van der Waals surface area (Å²) in [5.41, 5.74) is 7.13. The third-order valence-corrected chi connectivity index (χ3v) is 8.93. The highest BCUT2D eigenvalue weighted by atomic mass is 16.5. The number of benzene rings is 5. The topological polar surface area (TPSA) is 48.1 Å². The van der Waals surface area contributed by atoms with Crippen LogP contribution in [-0.2, 0) is 12.1 Å². The third kappa shape index (κ3) is 4.48. The van der Waals surface area contributed by atoms with Gasteiger partial charge in [-0.1, -0.05) is 69.2 Å². The lowest BCUT2D eigenvalue weighted by atomic mass is 9.86. The number of hydrogen-bond donors (Lipinski definition) is 0. The zero-order valence-corrected chi connectivity index (χ0v) is 26.2. The molecule has 0 saturated heterocycles. The van der Waals surface area contributed by atoms with E-state index in [1.807, 2.05) is 48.5 Å². The fourth-order valence-corrected chi connectivity index (χ4v) is 6.61. The number of nitrogens with zero attached hydrogens (tertiary/aromatic N) is 5. The lowest BCUT2D eigenvalue weighted by molar-refractivity contribution is 0.479. The average molecular weight is 616 g/mol. The molecule has 1 aliphatic rings. The van der Waals surface area contributed by atoms with Crippen LogP contribution in [0.4, 0.5) is 11.4 Å². The van der Waals surface area contributed by atoms with Gasteiger partial charge in [-0.05, 0) is 77.7 Å². The van der Waals surface area contributed by atoms with Crippen LogP contribution in [0.1, 0.15) is 31.8 Å². The van der Waals surface area contributed by atoms with E-state index in [9.17, 15) is 0 Å². The van der Waals surface area contributed by atoms with Crippen molar-refractivity contribution in [2.24, 2.45) is 0 Å². The predicted octanol–water partition coefficient (Wildman–Crippen LogP) is 10.4. The lowest BCUT2D eigenvalue weighted by Gasteiger charge is -2.33. The third-order valence-electron chi connectivity index (χ3n) is 8.93. The van der Waals surface area contributed by atoms with Crippen molar-refractivity contribution in [1.29, 1.82) is 0 Å². The molecule has 0 bridgehead atoms. The summed E-state index contributed by atoms with van der Waals surface area (Å²) in [5.74, 6) is 2.73. The van der Waals surface area contributed by atoms with Crippen molar-refractivity contribution in [3.05, 3.63) is 139 Å². The van der Waals surface area contributed by atoms with E-state index in [1.54, 1.807) is 10.8 Å². The Balaban J connectivity index is 1.20. The molecule has 0 fully saturated rings. The molecule has 47 heavy (non-hydrogen) atoms. The number of imidazole rings is 1. The van der Waals surface area contributed by atoms with Gasteiger partial charge in [0.05, 0.1) is 33.2 Å². The van der Waals surface area contributed by atoms with Crippen molar-refractivity contribution in [1.82, 2.24) is 19.1 Å². The summed E-state index contributed by atoms with van der Waals surface area (Å²) in [6.07, 6.45) is 1.67. The second kappa shape index (κ2) is 10.3. The molecule has 0 spiro atoms. The number of rotatable bonds is 4. The monoisotopic (exact) mass is 615 g/mol. The largest absolute Gasteiger partial charge is 0.457 e. The van der Waals surface area contributed by atoms with Gasteiger partial charge in [0.2, 0.25) is 0 Å². The summed E-state index contributed by atoms with van der Waals surface area (Å²) in [7, 11) is 0. The summed E-state index contributed by atoms with van der Waals surface area (Å²) < 4.78 is 45.2. The number of fused-ring (bicyclic) bond motifs is 8. The first kappa shape index (κ1) is 23.5. The molecule has 0 unspecified atom stereocenters. The normalized spacial score (nSPS) is 14.1. The van der Waals surface area contributed by atoms with Gasteiger partial charge >= 0.3 is 0 Å². The van der Waals surface area contributed by atoms with E-state index in [4.69, 9.17) is 15.2 Å². The summed E-state index contributed by atoms with van der Waals surface area (Å²) in [4.78, 5) is 11.9. The van der Waals surface area contributed by atoms with Crippen molar-refractivity contribution < 1.29 is 10.2 Å². The van der Waals surface area contributed by atoms with Gasteiger partial charge in [-0.3, -0.25) is 4.57 Å². The summed E-state index contributed by atoms with van der Waals surface area (Å²) in [6.45, 7) is 7.15. The van der Waals surface area contributed by atoms with Crippen LogP contribution in [0.25, 0.3) is 50.0 Å². The Labute approximate surface area is 278 Å². The zero-order valence-electron chi connectivity index (χ0n) is 30.2. The number of pyridine rings is 1. The number of ether oxygens (including phenoxy) is 1. The SMILES string of the molecule is [2H]c1c([2H])c([2H])c2c(c1[2H])c1ccc(Oc3cc(N4Cn5c(nc6ccccc65)-c5ccccc54)cc(C(C)(C)C)c3)cc1n2-c1ccccn1. The quantitative estimate of drug-likeness (QED) is 0.198. The number of anilines is 2. The van der Waals surface area contributed by atoms with Gasteiger partial charge in [0.1, 0.15) is 29.8 Å². The van der Waals surface area contributed by atoms with Crippen molar-refractivity contribution in [3.63, 3.8) is 0 Å². The molecule has 8 aromatic rings. The van der Waals surface area contributed by atoms with E-state index in [-0.39, 0.29) is 29.6 Å². The molecule has 0 amide bonds. The fraction of sp³-hybridized carbons (Fsp3) is 0.122. The molecule has 3 aromatic heterocycles. The number of para-hydroxylation sites is 4. The molecule has 228 valence electrons. The Morgan fingerprint density at radius 1 is 0.745 bits per heavy atom. The van der Waals surface area contributed by atoms with Crippen LogP contribution >= 0.6 is 0 Å². The highest BCUT2D eigenvalue weighted by Gasteiger charge is 2.27. The van der Waals surface area contributed by atoms with Crippen LogP contribution in [0.15, 0.2) is 133 Å². The first-order chi connectivity index (χ1) is 24.6. The number of aromatic nitrogens is 4. The Hall–Kier alpha value is -5.88. The molecular formula is C41H33N5O. The van der Waals surface area contributed by atoms with Crippen LogP contribution in [0.2, 0.25) is 0 Å². The minimum Gasteiger partial charge on any atom is -0.457 e. The Morgan fingerprint density at radius 3 is 2.45 bits per heavy atom. The van der Waals surface area contributed by atoms with Gasteiger partial charge in [-0.15, -0.1) is 0 Å². The van der Waals surface area contributed by atoms with Crippen molar-refractivity contribution >= 4 is 44.2 Å². The molecule has 0 radical (unpaired) electrons. The van der Waals surface area contributed by atoms with E-state index in [0.29, 0.717) is 45.8 Å². The van der Waals surface area contributed by atoms with Gasteiger partial charge < -0.3 is 14.2 Å². The molecule has 4 heterocycles. The van der Waals surface area contributed by atoms with Gasteiger partial charge in [0, 0.05) is 40.4 Å². The van der Waals surface area contributed by atoms with E-state index in [0.717, 1.165) is 39.4 Å². The molecule has 6 nitrogen and oxygen atoms in total. The van der Waals surface area contributed by atoms with Crippen molar-refractivity contribution in [2.45, 2.75) is 32.9 Å². The smallest absolute Gasteiger partial charge is 0.144 e. The summed E-state index contributed by atoms with van der Waals surface area (Å²) in [6, 6.07) is 33.4. The summed E-state index contributed by atoms with van der Waals surface area (Å²) in [5, 5.41) is 1.13. The first-order valence-electron chi connectivity index (χ1n) is 17.7. The molecule has 9 rings (SSSR count). The maximum Gasteiger partial charge on any atom is 0.144 e. The molecular weight excluding hydrogens is 578 g/mol. The maximum absolute atomic E-state index is 8.83. The number of hydrogen-bond acceptors (Lipinski definition) is 4. The minimum absolute atomic E-state index is 0.0856. The average Bonchev–Trinajstić information content (AvgIpc) is 3.69. The molecule has 0 atom stereocenters. The van der Waals surface area contributed by atoms with E-state index in [1.165, 1.54) is 0 Å². The fourth-order valence-electron chi connectivity index (χ4n) is 6.61. The van der Waals surface area contributed by atoms with Gasteiger partial charge in [-0.25, -0.2) is 9.97 Å². The second-order valence-electron chi connectivity index (χ2n) is 12.9. The van der Waals surface area contributed by atoms with Gasteiger partial charge in [0.25, 0.3) is 0 Å². The standard InChI is InChI=1S/C41H33N5O/c1-41(2,3)27-22-28(44-26-45-37-17-9-6-14-34(37)43-40(45)33-13-5-7-15-35(33)44)24-30(23-27)47-29-19-20-32-31-12-4-8-16-36(31)46(38(32)25-29)39-18-10-11-21-42-39/h4-25H,26H2,1-3H3/i4D,8D,12D,16D. The second-order valence-corrected chi connectivity index (χ2v) is 12.9. The van der Waals surface area contributed by atoms with Crippen molar-refractivity contribution in [3.8, 4) is 28.7 Å². The molecule has 0 aliphatic carbocycles. The first-order valence-corrected chi connectivity index (χ1v) is 15.7. The van der Waals surface area contributed by atoms with E-state index >= 15 is 0 Å². The minimum atomic E-state index is -0.286. The van der Waals surface area contributed by atoms with Crippen LogP contribution in [0.5, 0.6) is 11.5 Å². The van der Waals surface area contributed by atoms with E-state index in [2.05, 4.69) is 89.8 Å². The molecule has 0 N–H and O–H groups in total. The molecule has 5 aromatic carbocycles. The lowest BCUT2D eigenvalue weighted by Crippen LogP contribution is -2.26. The highest BCUT2D eigenvalue weighted by Crippen LogP contribution is 2.44. The highest BCUT2D eigenvalue weighted by molar-refractivity contribution is 6.09. The van der Waals surface area contributed by atoms with Crippen molar-refractivity contribution in [2.75, 3.05) is 4.90 Å². The Kier molecular flexibility index (Phi) is 5.15. The Morgan fingerprint density at radius 2 is 1.57 bits per heavy atom. The van der Waals surface area contributed by atoms with Crippen LogP contribution < -0.4 is 9.64 Å². The van der Waals surface area contributed by atoms with Gasteiger partial charge in [0.15, 0.2) is 0 Å². The van der Waals surface area contributed by atoms with E-state index < -0.39 is 0 Å². The molecule has 6 heteroatoms. The van der Waals surface area contributed by atoms with Crippen LogP contribution in [0, 0.1) is 0 Å². The zero-order chi connectivity index (χ0) is 35.2. The maximum atomic E-state index is 8.83. The van der Waals surface area contributed by atoms with Gasteiger partial charge in [-0.2, -0.15) is 0 Å². The molecule has 0 saturated carbocycles. The Bertz CT molecular complexity index is 2690. The van der Waals surface area contributed by atoms with Crippen LogP contribution in [0.3, 0.4) is 0 Å². The van der Waals surface area contributed by atoms with Crippen LogP contribution in [-0.4, -0.2) is 19.1 Å². The predicted molar refractivity (Wildman–Crippen MR) is 191 cm³/mol. The summed E-state index contributed by atoms with van der Waals surface area (Å²) >= 11 is 0. The molecule has 1 aliphatic heterocycles.